The van der Waals surface area contributed by atoms with Crippen molar-refractivity contribution in [2.24, 2.45) is 11.1 Å². The molecule has 0 fully saturated rings. The van der Waals surface area contributed by atoms with E-state index in [1.54, 1.807) is 48.2 Å². The van der Waals surface area contributed by atoms with E-state index in [1.165, 1.54) is 12.1 Å². The average Bonchev–Trinajstić information content (AvgIpc) is 2.78. The summed E-state index contributed by atoms with van der Waals surface area (Å²) >= 11 is 6.10. The number of allylic oxidation sites excluding steroid dienone is 2. The molecule has 1 atom stereocenters. The normalized spacial score (nSPS) is 19.5. The molecule has 0 saturated heterocycles. The maximum atomic E-state index is 13.6. The van der Waals surface area contributed by atoms with Crippen LogP contribution in [0.2, 0.25) is 5.02 Å². The van der Waals surface area contributed by atoms with E-state index >= 15 is 0 Å². The number of non-ortho nitro benzene ring substituents is 1. The van der Waals surface area contributed by atoms with Gasteiger partial charge >= 0.3 is 5.97 Å². The molecule has 0 saturated carbocycles. The van der Waals surface area contributed by atoms with Gasteiger partial charge in [0.2, 0.25) is 0 Å². The van der Waals surface area contributed by atoms with Gasteiger partial charge in [0, 0.05) is 34.8 Å². The van der Waals surface area contributed by atoms with Gasteiger partial charge in [-0.25, -0.2) is 4.79 Å². The zero-order valence-corrected chi connectivity index (χ0v) is 20.5. The number of hydrogen-bond acceptors (Lipinski definition) is 7. The molecule has 2 aromatic rings. The van der Waals surface area contributed by atoms with E-state index in [2.05, 4.69) is 0 Å². The van der Waals surface area contributed by atoms with Crippen molar-refractivity contribution in [3.8, 4) is 0 Å². The molecule has 0 aromatic heterocycles. The highest BCUT2D eigenvalue weighted by atomic mass is 35.5. The first kappa shape index (κ1) is 24.5. The number of benzene rings is 2. The van der Waals surface area contributed by atoms with Gasteiger partial charge in [-0.2, -0.15) is 0 Å². The predicted octanol–water partition coefficient (Wildman–Crippen LogP) is 5.23. The Kier molecular flexibility index (Phi) is 6.42. The van der Waals surface area contributed by atoms with Crippen LogP contribution >= 0.6 is 11.6 Å². The van der Waals surface area contributed by atoms with Crippen LogP contribution in [0.25, 0.3) is 0 Å². The van der Waals surface area contributed by atoms with Gasteiger partial charge in [0.15, 0.2) is 5.78 Å². The van der Waals surface area contributed by atoms with Crippen LogP contribution in [0.5, 0.6) is 0 Å². The van der Waals surface area contributed by atoms with Crippen LogP contribution in [0.4, 0.5) is 11.4 Å². The fraction of sp³-hybridized carbons (Fsp3) is 0.308. The molecule has 9 heteroatoms. The summed E-state index contributed by atoms with van der Waals surface area (Å²) in [5, 5.41) is 12.0. The van der Waals surface area contributed by atoms with E-state index in [0.29, 0.717) is 34.0 Å². The number of carbonyl (C=O) groups excluding carboxylic acids is 2. The Labute approximate surface area is 208 Å². The number of Topliss-reactive ketones (excluding diaryl/α,β-unsaturated/α-hetero) is 1. The van der Waals surface area contributed by atoms with Crippen LogP contribution in [0.15, 0.2) is 71.2 Å². The summed E-state index contributed by atoms with van der Waals surface area (Å²) in [6.07, 6.45) is 0.770. The van der Waals surface area contributed by atoms with Crippen LogP contribution in [-0.4, -0.2) is 23.3 Å². The summed E-state index contributed by atoms with van der Waals surface area (Å²) in [6.45, 7) is 5.77. The molecule has 35 heavy (non-hydrogen) atoms. The first-order chi connectivity index (χ1) is 16.5. The third-order valence-electron chi connectivity index (χ3n) is 6.26. The number of ketones is 1. The number of hydrogen-bond donors (Lipinski definition) is 1. The highest BCUT2D eigenvalue weighted by molar-refractivity contribution is 6.30. The highest BCUT2D eigenvalue weighted by Gasteiger charge is 2.46. The number of rotatable bonds is 5. The molecular formula is C26H26ClN3O5. The summed E-state index contributed by atoms with van der Waals surface area (Å²) in [7, 11) is 0. The van der Waals surface area contributed by atoms with E-state index < -0.39 is 16.8 Å². The molecule has 1 heterocycles. The summed E-state index contributed by atoms with van der Waals surface area (Å²) in [4.78, 5) is 39.5. The molecule has 4 rings (SSSR count). The summed E-state index contributed by atoms with van der Waals surface area (Å²) in [6, 6.07) is 12.9. The Bertz CT molecular complexity index is 1280. The van der Waals surface area contributed by atoms with Gasteiger partial charge < -0.3 is 10.5 Å². The molecule has 8 nitrogen and oxygen atoms in total. The monoisotopic (exact) mass is 495 g/mol. The molecular weight excluding hydrogens is 470 g/mol. The minimum atomic E-state index is -0.750. The summed E-state index contributed by atoms with van der Waals surface area (Å²) < 4.78 is 5.36. The molecule has 2 aliphatic rings. The van der Waals surface area contributed by atoms with Crippen molar-refractivity contribution in [2.45, 2.75) is 39.5 Å². The first-order valence-corrected chi connectivity index (χ1v) is 11.6. The van der Waals surface area contributed by atoms with Crippen molar-refractivity contribution >= 4 is 34.7 Å². The minimum Gasteiger partial charge on any atom is -0.463 e. The van der Waals surface area contributed by atoms with Crippen molar-refractivity contribution in [1.82, 2.24) is 0 Å². The SMILES string of the molecule is CCOC(=O)C1=C(N)N(c2cccc([N+](=O)[O-])c2)C2=C(C(=O)CC(C)(C)C2)C1c1ccc(Cl)cc1. The summed E-state index contributed by atoms with van der Waals surface area (Å²) in [5.41, 5.74) is 8.43. The van der Waals surface area contributed by atoms with Crippen LogP contribution in [-0.2, 0) is 14.3 Å². The number of carbonyl (C=O) groups is 2. The topological polar surface area (TPSA) is 116 Å². The smallest absolute Gasteiger partial charge is 0.338 e. The molecule has 182 valence electrons. The molecule has 0 bridgehead atoms. The number of nitro benzene ring substituents is 1. The van der Waals surface area contributed by atoms with E-state index in [4.69, 9.17) is 22.1 Å². The number of nitrogens with zero attached hydrogens (tertiary/aromatic N) is 2. The number of ether oxygens (including phenoxy) is 1. The predicted molar refractivity (Wildman–Crippen MR) is 133 cm³/mol. The third-order valence-corrected chi connectivity index (χ3v) is 6.51. The first-order valence-electron chi connectivity index (χ1n) is 11.3. The second kappa shape index (κ2) is 9.19. The molecule has 2 aromatic carbocycles. The van der Waals surface area contributed by atoms with Crippen LogP contribution in [0, 0.1) is 15.5 Å². The van der Waals surface area contributed by atoms with Gasteiger partial charge in [-0.05, 0) is 42.5 Å². The Morgan fingerprint density at radius 3 is 2.54 bits per heavy atom. The van der Waals surface area contributed by atoms with Crippen LogP contribution < -0.4 is 10.6 Å². The van der Waals surface area contributed by atoms with Gasteiger partial charge in [0.1, 0.15) is 5.82 Å². The van der Waals surface area contributed by atoms with E-state index in [-0.39, 0.29) is 41.3 Å². The fourth-order valence-corrected chi connectivity index (χ4v) is 4.97. The standard InChI is InChI=1S/C26H26ClN3O5/c1-4-35-25(32)23-21(15-8-10-16(27)11-9-15)22-19(13-26(2,3)14-20(22)31)29(24(23)28)17-6-5-7-18(12-17)30(33)34/h5-12,21H,4,13-14,28H2,1-3H3. The lowest BCUT2D eigenvalue weighted by Gasteiger charge is -2.44. The number of nitrogens with two attached hydrogens (primary N) is 1. The van der Waals surface area contributed by atoms with Crippen LogP contribution in [0.3, 0.4) is 0 Å². The van der Waals surface area contributed by atoms with Gasteiger partial charge in [0.05, 0.1) is 28.7 Å². The number of halogens is 1. The zero-order valence-electron chi connectivity index (χ0n) is 19.7. The van der Waals surface area contributed by atoms with Gasteiger partial charge in [-0.1, -0.05) is 43.6 Å². The molecule has 0 spiro atoms. The summed E-state index contributed by atoms with van der Waals surface area (Å²) in [5.74, 6) is -1.43. The third kappa shape index (κ3) is 4.53. The molecule has 2 N–H and O–H groups in total. The minimum absolute atomic E-state index is 0.0770. The molecule has 1 aliphatic carbocycles. The van der Waals surface area contributed by atoms with E-state index in [9.17, 15) is 19.7 Å². The van der Waals surface area contributed by atoms with Gasteiger partial charge in [0.25, 0.3) is 5.69 Å². The Hall–Kier alpha value is -3.65. The highest BCUT2D eigenvalue weighted by Crippen LogP contribution is 2.50. The molecule has 1 aliphatic heterocycles. The zero-order chi connectivity index (χ0) is 25.5. The Morgan fingerprint density at radius 1 is 1.23 bits per heavy atom. The van der Waals surface area contributed by atoms with Crippen molar-refractivity contribution in [1.29, 1.82) is 0 Å². The average molecular weight is 496 g/mol. The van der Waals surface area contributed by atoms with Gasteiger partial charge in [-0.15, -0.1) is 0 Å². The van der Waals surface area contributed by atoms with Crippen LogP contribution in [0.1, 0.15) is 45.1 Å². The fourth-order valence-electron chi connectivity index (χ4n) is 4.85. The van der Waals surface area contributed by atoms with Crippen molar-refractivity contribution < 1.29 is 19.2 Å². The Balaban J connectivity index is 2.03. The second-order valence-corrected chi connectivity index (χ2v) is 9.85. The largest absolute Gasteiger partial charge is 0.463 e. The number of esters is 1. The Morgan fingerprint density at radius 2 is 1.91 bits per heavy atom. The number of nitro groups is 1. The van der Waals surface area contributed by atoms with Crippen molar-refractivity contribution in [2.75, 3.05) is 11.5 Å². The number of anilines is 1. The van der Waals surface area contributed by atoms with E-state index in [1.807, 2.05) is 13.8 Å². The quantitative estimate of drug-likeness (QED) is 0.343. The lowest BCUT2D eigenvalue weighted by Crippen LogP contribution is -2.43. The molecule has 0 radical (unpaired) electrons. The maximum absolute atomic E-state index is 13.6. The van der Waals surface area contributed by atoms with E-state index in [0.717, 1.165) is 0 Å². The lowest BCUT2D eigenvalue weighted by molar-refractivity contribution is -0.384. The van der Waals surface area contributed by atoms with Crippen molar-refractivity contribution in [3.05, 3.63) is 91.9 Å². The lowest BCUT2D eigenvalue weighted by atomic mass is 9.68. The second-order valence-electron chi connectivity index (χ2n) is 9.42. The molecule has 0 amide bonds. The molecule has 1 unspecified atom stereocenters. The maximum Gasteiger partial charge on any atom is 0.338 e. The van der Waals surface area contributed by atoms with Gasteiger partial charge in [-0.3, -0.25) is 19.8 Å². The van der Waals surface area contributed by atoms with Crippen molar-refractivity contribution in [3.63, 3.8) is 0 Å².